The zero-order chi connectivity index (χ0) is 13.1. The average molecular weight is 315 g/mol. The molecular formula is C13H19BrN2S. The molecule has 0 spiro atoms. The Kier molecular flexibility index (Phi) is 4.95. The van der Waals surface area contributed by atoms with Gasteiger partial charge in [0.2, 0.25) is 0 Å². The number of hydrogen-bond donors (Lipinski definition) is 2. The molecule has 1 aromatic rings. The molecule has 0 heterocycles. The van der Waals surface area contributed by atoms with Crippen molar-refractivity contribution in [2.24, 2.45) is 5.73 Å². The molecule has 0 saturated carbocycles. The van der Waals surface area contributed by atoms with Crippen LogP contribution in [-0.4, -0.2) is 10.5 Å². The third-order valence-electron chi connectivity index (χ3n) is 3.25. The maximum atomic E-state index is 5.60. The summed E-state index contributed by atoms with van der Waals surface area (Å²) in [4.78, 5) is 0.422. The van der Waals surface area contributed by atoms with E-state index in [1.54, 1.807) is 0 Å². The zero-order valence-corrected chi connectivity index (χ0v) is 12.9. The first-order valence-electron chi connectivity index (χ1n) is 5.79. The summed E-state index contributed by atoms with van der Waals surface area (Å²) in [6.45, 7) is 6.60. The molecule has 0 saturated heterocycles. The topological polar surface area (TPSA) is 38.0 Å². The van der Waals surface area contributed by atoms with E-state index in [1.807, 2.05) is 18.2 Å². The summed E-state index contributed by atoms with van der Waals surface area (Å²) in [5, 5.41) is 3.56. The van der Waals surface area contributed by atoms with Crippen molar-refractivity contribution >= 4 is 38.8 Å². The highest BCUT2D eigenvalue weighted by molar-refractivity contribution is 9.10. The van der Waals surface area contributed by atoms with Gasteiger partial charge in [0, 0.05) is 21.3 Å². The number of halogens is 1. The SMILES string of the molecule is CCC(C)(CC)Nc1ccc(C(N)=S)cc1Br. The van der Waals surface area contributed by atoms with Gasteiger partial charge in [0.25, 0.3) is 0 Å². The molecule has 2 nitrogen and oxygen atoms in total. The number of nitrogens with two attached hydrogens (primary N) is 1. The Morgan fingerprint density at radius 3 is 2.41 bits per heavy atom. The van der Waals surface area contributed by atoms with Crippen molar-refractivity contribution in [3.63, 3.8) is 0 Å². The van der Waals surface area contributed by atoms with E-state index in [1.165, 1.54) is 0 Å². The molecule has 0 aliphatic rings. The molecule has 94 valence electrons. The van der Waals surface area contributed by atoms with Crippen LogP contribution in [0.25, 0.3) is 0 Å². The lowest BCUT2D eigenvalue weighted by Crippen LogP contribution is -2.33. The van der Waals surface area contributed by atoms with Crippen molar-refractivity contribution in [2.75, 3.05) is 5.32 Å². The fourth-order valence-corrected chi connectivity index (χ4v) is 2.13. The number of rotatable bonds is 5. The Hall–Kier alpha value is -0.610. The lowest BCUT2D eigenvalue weighted by Gasteiger charge is -2.30. The minimum Gasteiger partial charge on any atom is -0.389 e. The first-order chi connectivity index (χ1) is 7.91. The van der Waals surface area contributed by atoms with Crippen LogP contribution in [0.3, 0.4) is 0 Å². The van der Waals surface area contributed by atoms with Crippen molar-refractivity contribution in [3.8, 4) is 0 Å². The lowest BCUT2D eigenvalue weighted by molar-refractivity contribution is 0.478. The van der Waals surface area contributed by atoms with Gasteiger partial charge in [-0.25, -0.2) is 0 Å². The Balaban J connectivity index is 2.97. The van der Waals surface area contributed by atoms with E-state index >= 15 is 0 Å². The van der Waals surface area contributed by atoms with Crippen molar-refractivity contribution in [3.05, 3.63) is 28.2 Å². The molecule has 1 aromatic carbocycles. The van der Waals surface area contributed by atoms with Crippen LogP contribution >= 0.6 is 28.1 Å². The molecule has 17 heavy (non-hydrogen) atoms. The first-order valence-corrected chi connectivity index (χ1v) is 6.99. The van der Waals surface area contributed by atoms with E-state index in [0.717, 1.165) is 28.6 Å². The van der Waals surface area contributed by atoms with E-state index in [2.05, 4.69) is 42.0 Å². The van der Waals surface area contributed by atoms with Crippen molar-refractivity contribution in [1.82, 2.24) is 0 Å². The standard InChI is InChI=1S/C13H19BrN2S/c1-4-13(3,5-2)16-11-7-6-9(12(15)17)8-10(11)14/h6-8,16H,4-5H2,1-3H3,(H2,15,17). The summed E-state index contributed by atoms with van der Waals surface area (Å²) in [5.74, 6) is 0. The fourth-order valence-electron chi connectivity index (χ4n) is 1.52. The second-order valence-corrected chi connectivity index (χ2v) is 5.75. The van der Waals surface area contributed by atoms with Crippen LogP contribution in [0, 0.1) is 0 Å². The van der Waals surface area contributed by atoms with Gasteiger partial charge in [-0.1, -0.05) is 26.1 Å². The average Bonchev–Trinajstić information content (AvgIpc) is 2.31. The van der Waals surface area contributed by atoms with Gasteiger partial charge in [0.05, 0.1) is 0 Å². The van der Waals surface area contributed by atoms with Gasteiger partial charge in [-0.3, -0.25) is 0 Å². The van der Waals surface area contributed by atoms with E-state index in [0.29, 0.717) is 4.99 Å². The Morgan fingerprint density at radius 1 is 1.41 bits per heavy atom. The number of anilines is 1. The van der Waals surface area contributed by atoms with Crippen LogP contribution in [0.1, 0.15) is 39.2 Å². The zero-order valence-electron chi connectivity index (χ0n) is 10.5. The molecule has 0 radical (unpaired) electrons. The second kappa shape index (κ2) is 5.83. The van der Waals surface area contributed by atoms with Gasteiger partial charge in [-0.15, -0.1) is 0 Å². The molecule has 0 unspecified atom stereocenters. The number of thiocarbonyl (C=S) groups is 1. The molecule has 0 amide bonds. The maximum Gasteiger partial charge on any atom is 0.104 e. The van der Waals surface area contributed by atoms with E-state index in [-0.39, 0.29) is 5.54 Å². The van der Waals surface area contributed by atoms with Gasteiger partial charge in [-0.05, 0) is 53.9 Å². The molecule has 4 heteroatoms. The van der Waals surface area contributed by atoms with Gasteiger partial charge >= 0.3 is 0 Å². The van der Waals surface area contributed by atoms with Crippen LogP contribution in [0.2, 0.25) is 0 Å². The van der Waals surface area contributed by atoms with Crippen LogP contribution in [0.5, 0.6) is 0 Å². The molecule has 0 aromatic heterocycles. The minimum absolute atomic E-state index is 0.118. The normalized spacial score (nSPS) is 11.3. The quantitative estimate of drug-likeness (QED) is 0.804. The number of nitrogens with one attached hydrogen (secondary N) is 1. The molecule has 0 fully saturated rings. The molecule has 3 N–H and O–H groups in total. The molecule has 1 rings (SSSR count). The lowest BCUT2D eigenvalue weighted by atomic mass is 9.95. The van der Waals surface area contributed by atoms with Gasteiger partial charge in [-0.2, -0.15) is 0 Å². The summed E-state index contributed by atoms with van der Waals surface area (Å²) < 4.78 is 0.996. The fraction of sp³-hybridized carbons (Fsp3) is 0.462. The molecule has 0 aliphatic carbocycles. The number of hydrogen-bond acceptors (Lipinski definition) is 2. The summed E-state index contributed by atoms with van der Waals surface area (Å²) in [7, 11) is 0. The van der Waals surface area contributed by atoms with Crippen LogP contribution in [-0.2, 0) is 0 Å². The largest absolute Gasteiger partial charge is 0.389 e. The Morgan fingerprint density at radius 2 is 2.00 bits per heavy atom. The minimum atomic E-state index is 0.118. The van der Waals surface area contributed by atoms with Crippen molar-refractivity contribution < 1.29 is 0 Å². The van der Waals surface area contributed by atoms with E-state index < -0.39 is 0 Å². The first kappa shape index (κ1) is 14.5. The summed E-state index contributed by atoms with van der Waals surface area (Å²) >= 11 is 8.51. The van der Waals surface area contributed by atoms with Gasteiger partial charge < -0.3 is 11.1 Å². The van der Waals surface area contributed by atoms with Crippen LogP contribution < -0.4 is 11.1 Å². The van der Waals surface area contributed by atoms with Gasteiger partial charge in [0.1, 0.15) is 4.99 Å². The third kappa shape index (κ3) is 3.68. The van der Waals surface area contributed by atoms with Crippen molar-refractivity contribution in [2.45, 2.75) is 39.2 Å². The van der Waals surface area contributed by atoms with Gasteiger partial charge in [0.15, 0.2) is 0 Å². The third-order valence-corrected chi connectivity index (χ3v) is 4.14. The highest BCUT2D eigenvalue weighted by atomic mass is 79.9. The predicted octanol–water partition coefficient (Wildman–Crippen LogP) is 4.07. The summed E-state index contributed by atoms with van der Waals surface area (Å²) in [6.07, 6.45) is 2.15. The maximum absolute atomic E-state index is 5.60. The molecular weight excluding hydrogens is 296 g/mol. The van der Waals surface area contributed by atoms with Crippen LogP contribution in [0.15, 0.2) is 22.7 Å². The van der Waals surface area contributed by atoms with E-state index in [9.17, 15) is 0 Å². The Labute approximate surface area is 117 Å². The smallest absolute Gasteiger partial charge is 0.104 e. The predicted molar refractivity (Wildman–Crippen MR) is 82.6 cm³/mol. The molecule has 0 bridgehead atoms. The summed E-state index contributed by atoms with van der Waals surface area (Å²) in [6, 6.07) is 5.92. The molecule has 0 aliphatic heterocycles. The van der Waals surface area contributed by atoms with Crippen molar-refractivity contribution in [1.29, 1.82) is 0 Å². The highest BCUT2D eigenvalue weighted by Crippen LogP contribution is 2.29. The molecule has 0 atom stereocenters. The Bertz CT molecular complexity index is 414. The van der Waals surface area contributed by atoms with Crippen LogP contribution in [0.4, 0.5) is 5.69 Å². The van der Waals surface area contributed by atoms with E-state index in [4.69, 9.17) is 18.0 Å². The second-order valence-electron chi connectivity index (χ2n) is 4.45. The monoisotopic (exact) mass is 314 g/mol. The highest BCUT2D eigenvalue weighted by Gasteiger charge is 2.19. The number of benzene rings is 1. The summed E-state index contributed by atoms with van der Waals surface area (Å²) in [5.41, 5.74) is 7.68.